The summed E-state index contributed by atoms with van der Waals surface area (Å²) >= 11 is 0. The molecule has 3 heterocycles. The Morgan fingerprint density at radius 2 is 2.04 bits per heavy atom. The first-order valence-corrected chi connectivity index (χ1v) is 7.59. The van der Waals surface area contributed by atoms with Crippen molar-refractivity contribution in [3.8, 4) is 0 Å². The van der Waals surface area contributed by atoms with E-state index < -0.39 is 30.4 Å². The number of alkyl halides is 2. The molecule has 132 valence electrons. The van der Waals surface area contributed by atoms with E-state index >= 15 is 0 Å². The summed E-state index contributed by atoms with van der Waals surface area (Å²) in [4.78, 5) is 29.8. The van der Waals surface area contributed by atoms with Gasteiger partial charge < -0.3 is 10.6 Å². The number of hydrogen-bond donors (Lipinski definition) is 2. The van der Waals surface area contributed by atoms with Gasteiger partial charge in [0.15, 0.2) is 5.54 Å². The summed E-state index contributed by atoms with van der Waals surface area (Å²) in [5, 5.41) is 5.90. The minimum Gasteiger partial charge on any atom is -0.319 e. The van der Waals surface area contributed by atoms with Crippen LogP contribution in [0.15, 0.2) is 24.5 Å². The number of piperidine rings is 1. The number of aromatic nitrogens is 1. The number of carbonyl (C=O) groups is 2. The lowest BCUT2D eigenvalue weighted by atomic mass is 9.74. The molecule has 2 fully saturated rings. The van der Waals surface area contributed by atoms with E-state index in [9.17, 15) is 18.4 Å². The third kappa shape index (κ3) is 3.08. The maximum atomic E-state index is 12.9. The molecular formula is C15H19ClF2N4O2. The number of urea groups is 1. The Morgan fingerprint density at radius 1 is 1.33 bits per heavy atom. The normalized spacial score (nSPS) is 24.9. The van der Waals surface area contributed by atoms with Gasteiger partial charge in [-0.25, -0.2) is 13.6 Å². The first kappa shape index (κ1) is 18.5. The molecule has 2 aliphatic rings. The molecule has 1 unspecified atom stereocenters. The molecule has 6 nitrogen and oxygen atoms in total. The second-order valence-corrected chi connectivity index (χ2v) is 5.81. The highest BCUT2D eigenvalue weighted by Crippen LogP contribution is 2.40. The summed E-state index contributed by atoms with van der Waals surface area (Å²) in [6.45, 7) is 0.535. The zero-order valence-corrected chi connectivity index (χ0v) is 13.7. The monoisotopic (exact) mass is 360 g/mol. The highest BCUT2D eigenvalue weighted by Gasteiger charge is 2.57. The van der Waals surface area contributed by atoms with Crippen molar-refractivity contribution < 1.29 is 18.4 Å². The van der Waals surface area contributed by atoms with Crippen LogP contribution in [-0.4, -0.2) is 47.9 Å². The summed E-state index contributed by atoms with van der Waals surface area (Å²) in [5.74, 6) is -0.769. The highest BCUT2D eigenvalue weighted by molar-refractivity contribution is 6.07. The van der Waals surface area contributed by atoms with Gasteiger partial charge in [-0.3, -0.25) is 14.7 Å². The van der Waals surface area contributed by atoms with Gasteiger partial charge in [-0.05, 0) is 37.9 Å². The molecule has 0 saturated carbocycles. The molecule has 0 aliphatic carbocycles. The van der Waals surface area contributed by atoms with Crippen molar-refractivity contribution in [2.45, 2.75) is 24.8 Å². The third-order valence-electron chi connectivity index (χ3n) is 4.52. The van der Waals surface area contributed by atoms with Crippen LogP contribution in [0.1, 0.15) is 18.4 Å². The van der Waals surface area contributed by atoms with Gasteiger partial charge in [0.1, 0.15) is 0 Å². The van der Waals surface area contributed by atoms with E-state index in [1.165, 1.54) is 6.20 Å². The number of halogens is 3. The van der Waals surface area contributed by atoms with E-state index in [2.05, 4.69) is 15.6 Å². The molecule has 0 bridgehead atoms. The van der Waals surface area contributed by atoms with Crippen molar-refractivity contribution in [3.05, 3.63) is 30.1 Å². The van der Waals surface area contributed by atoms with Gasteiger partial charge in [0, 0.05) is 18.0 Å². The molecule has 1 aromatic rings. The van der Waals surface area contributed by atoms with Crippen molar-refractivity contribution >= 4 is 24.3 Å². The lowest BCUT2D eigenvalue weighted by molar-refractivity contribution is -0.135. The zero-order valence-electron chi connectivity index (χ0n) is 12.9. The quantitative estimate of drug-likeness (QED) is 0.798. The largest absolute Gasteiger partial charge is 0.325 e. The zero-order chi connectivity index (χ0) is 16.4. The fourth-order valence-corrected chi connectivity index (χ4v) is 3.46. The molecule has 0 spiro atoms. The van der Waals surface area contributed by atoms with Gasteiger partial charge in [-0.15, -0.1) is 12.4 Å². The van der Waals surface area contributed by atoms with Gasteiger partial charge in [0.25, 0.3) is 12.3 Å². The number of carbonyl (C=O) groups excluding carboxylic acids is 2. The predicted octanol–water partition coefficient (Wildman–Crippen LogP) is 1.52. The smallest absolute Gasteiger partial charge is 0.319 e. The number of rotatable bonds is 4. The van der Waals surface area contributed by atoms with Crippen molar-refractivity contribution in [3.63, 3.8) is 0 Å². The van der Waals surface area contributed by atoms with Crippen molar-refractivity contribution in [2.24, 2.45) is 5.92 Å². The van der Waals surface area contributed by atoms with Crippen LogP contribution >= 0.6 is 12.4 Å². The van der Waals surface area contributed by atoms with Crippen LogP contribution in [0, 0.1) is 5.92 Å². The van der Waals surface area contributed by atoms with E-state index in [1.807, 2.05) is 0 Å². The van der Waals surface area contributed by atoms with E-state index in [0.29, 0.717) is 36.4 Å². The van der Waals surface area contributed by atoms with E-state index in [1.54, 1.807) is 18.3 Å². The van der Waals surface area contributed by atoms with Crippen LogP contribution in [-0.2, 0) is 10.3 Å². The van der Waals surface area contributed by atoms with Crippen molar-refractivity contribution in [1.29, 1.82) is 0 Å². The Labute approximate surface area is 144 Å². The molecule has 2 saturated heterocycles. The molecule has 1 aromatic heterocycles. The second kappa shape index (κ2) is 7.40. The van der Waals surface area contributed by atoms with E-state index in [4.69, 9.17) is 0 Å². The van der Waals surface area contributed by atoms with Crippen LogP contribution < -0.4 is 10.6 Å². The third-order valence-corrected chi connectivity index (χ3v) is 4.52. The summed E-state index contributed by atoms with van der Waals surface area (Å²) in [6.07, 6.45) is 1.67. The molecule has 3 rings (SSSR count). The SMILES string of the molecule is Cl.O=C1NC(c2cccnc2)(C2CCNCC2)C(=O)N1CC(F)F. The molecule has 24 heavy (non-hydrogen) atoms. The van der Waals surface area contributed by atoms with Gasteiger partial charge in [-0.2, -0.15) is 0 Å². The Hall–Kier alpha value is -1.80. The average molecular weight is 361 g/mol. The van der Waals surface area contributed by atoms with Crippen LogP contribution in [0.3, 0.4) is 0 Å². The van der Waals surface area contributed by atoms with E-state index in [0.717, 1.165) is 0 Å². The first-order valence-electron chi connectivity index (χ1n) is 7.59. The average Bonchev–Trinajstić information content (AvgIpc) is 2.82. The number of pyridine rings is 1. The Balaban J connectivity index is 0.00000208. The molecule has 0 radical (unpaired) electrons. The topological polar surface area (TPSA) is 74.3 Å². The molecule has 1 atom stereocenters. The van der Waals surface area contributed by atoms with Crippen LogP contribution in [0.4, 0.5) is 13.6 Å². The fraction of sp³-hybridized carbons (Fsp3) is 0.533. The maximum absolute atomic E-state index is 12.9. The van der Waals surface area contributed by atoms with Crippen molar-refractivity contribution in [1.82, 2.24) is 20.5 Å². The summed E-state index contributed by atoms with van der Waals surface area (Å²) in [7, 11) is 0. The predicted molar refractivity (Wildman–Crippen MR) is 85.0 cm³/mol. The molecular weight excluding hydrogens is 342 g/mol. The molecule has 2 aliphatic heterocycles. The Bertz CT molecular complexity index is 598. The van der Waals surface area contributed by atoms with Gasteiger partial charge in [0.2, 0.25) is 0 Å². The highest BCUT2D eigenvalue weighted by atomic mass is 35.5. The summed E-state index contributed by atoms with van der Waals surface area (Å²) < 4.78 is 25.5. The van der Waals surface area contributed by atoms with Gasteiger partial charge >= 0.3 is 6.03 Å². The van der Waals surface area contributed by atoms with E-state index in [-0.39, 0.29) is 18.3 Å². The lowest BCUT2D eigenvalue weighted by Gasteiger charge is -2.37. The standard InChI is InChI=1S/C15H18F2N4O2.ClH/c16-12(17)9-21-13(22)15(20-14(21)23,10-3-6-18-7-4-10)11-2-1-5-19-8-11;/h1-2,5,8,10,12,18H,3-4,6-7,9H2,(H,20,23);1H. The van der Waals surface area contributed by atoms with Crippen LogP contribution in [0.5, 0.6) is 0 Å². The first-order chi connectivity index (χ1) is 11.1. The second-order valence-electron chi connectivity index (χ2n) is 5.81. The van der Waals surface area contributed by atoms with Crippen LogP contribution in [0.25, 0.3) is 0 Å². The Morgan fingerprint density at radius 3 is 2.62 bits per heavy atom. The molecule has 9 heteroatoms. The van der Waals surface area contributed by atoms with Crippen molar-refractivity contribution in [2.75, 3.05) is 19.6 Å². The minimum absolute atomic E-state index is 0. The molecule has 3 amide bonds. The fourth-order valence-electron chi connectivity index (χ4n) is 3.46. The van der Waals surface area contributed by atoms with Gasteiger partial charge in [-0.1, -0.05) is 6.07 Å². The number of nitrogens with zero attached hydrogens (tertiary/aromatic N) is 2. The lowest BCUT2D eigenvalue weighted by Crippen LogP contribution is -2.53. The minimum atomic E-state index is -2.76. The molecule has 2 N–H and O–H groups in total. The summed E-state index contributed by atoms with van der Waals surface area (Å²) in [5.41, 5.74) is -0.760. The number of amides is 3. The summed E-state index contributed by atoms with van der Waals surface area (Å²) in [6, 6.07) is 2.62. The number of imide groups is 1. The number of nitrogens with one attached hydrogen (secondary N) is 2. The van der Waals surface area contributed by atoms with Gasteiger partial charge in [0.05, 0.1) is 6.54 Å². The van der Waals surface area contributed by atoms with Crippen LogP contribution in [0.2, 0.25) is 0 Å². The Kier molecular flexibility index (Phi) is 5.71. The molecule has 0 aromatic carbocycles. The maximum Gasteiger partial charge on any atom is 0.325 e. The number of hydrogen-bond acceptors (Lipinski definition) is 4.